The molecule has 0 aliphatic rings. The van der Waals surface area contributed by atoms with E-state index >= 15 is 0 Å². The second-order valence-electron chi connectivity index (χ2n) is 3.06. The fraction of sp³-hybridized carbons (Fsp3) is 0.500. The molecule has 0 saturated heterocycles. The first kappa shape index (κ1) is 15.2. The first-order valence-corrected chi connectivity index (χ1v) is 4.49. The van der Waals surface area contributed by atoms with Crippen LogP contribution in [0, 0.1) is 0 Å². The quantitative estimate of drug-likeness (QED) is 0.273. The van der Waals surface area contributed by atoms with Crippen molar-refractivity contribution in [1.29, 1.82) is 0 Å². The number of nitrogens with two attached hydrogens (primary N) is 2. The minimum Gasteiger partial charge on any atom is -0.480 e. The van der Waals surface area contributed by atoms with Gasteiger partial charge in [-0.05, 0) is 0 Å². The largest absolute Gasteiger partial charge is 0.480 e. The molecule has 17 heavy (non-hydrogen) atoms. The maximum Gasteiger partial charge on any atom is 0.339 e. The fourth-order valence-corrected chi connectivity index (χ4v) is 1.18. The van der Waals surface area contributed by atoms with Gasteiger partial charge in [0.05, 0.1) is 19.6 Å². The van der Waals surface area contributed by atoms with Crippen LogP contribution in [-0.2, 0) is 19.2 Å². The molecule has 0 unspecified atom stereocenters. The molecule has 0 bridgehead atoms. The predicted molar refractivity (Wildman–Crippen MR) is 54.1 cm³/mol. The molecule has 0 rings (SSSR count). The molecule has 0 atom stereocenters. The number of ketones is 2. The number of hydrogen-bond donors (Lipinski definition) is 5. The number of aliphatic carboxylic acids is 2. The van der Waals surface area contributed by atoms with Crippen LogP contribution < -0.4 is 16.8 Å². The number of carboxylic acids is 2. The smallest absolute Gasteiger partial charge is 0.339 e. The summed E-state index contributed by atoms with van der Waals surface area (Å²) in [6.07, 6.45) is 0. The van der Waals surface area contributed by atoms with E-state index in [1.54, 1.807) is 0 Å². The monoisotopic (exact) mass is 247 g/mol. The van der Waals surface area contributed by atoms with Gasteiger partial charge in [-0.3, -0.25) is 19.7 Å². The van der Waals surface area contributed by atoms with Crippen molar-refractivity contribution in [2.45, 2.75) is 5.54 Å². The average Bonchev–Trinajstić information content (AvgIpc) is 2.27. The Labute approximate surface area is 95.8 Å². The average molecular weight is 247 g/mol. The lowest BCUT2D eigenvalue weighted by Crippen LogP contribution is -2.67. The molecular formula is C8H13N3O6. The Hall–Kier alpha value is -1.84. The summed E-state index contributed by atoms with van der Waals surface area (Å²) in [7, 11) is 0. The van der Waals surface area contributed by atoms with E-state index in [1.807, 2.05) is 5.32 Å². The molecule has 0 aromatic rings. The number of hydrogen-bond acceptors (Lipinski definition) is 7. The van der Waals surface area contributed by atoms with Gasteiger partial charge in [0.15, 0.2) is 11.6 Å². The van der Waals surface area contributed by atoms with Gasteiger partial charge in [-0.1, -0.05) is 0 Å². The molecule has 9 nitrogen and oxygen atoms in total. The van der Waals surface area contributed by atoms with Crippen molar-refractivity contribution in [3.05, 3.63) is 0 Å². The van der Waals surface area contributed by atoms with Gasteiger partial charge in [0.2, 0.25) is 5.54 Å². The van der Waals surface area contributed by atoms with Gasteiger partial charge in [0, 0.05) is 0 Å². The van der Waals surface area contributed by atoms with Crippen LogP contribution in [0.1, 0.15) is 0 Å². The topological polar surface area (TPSA) is 173 Å². The summed E-state index contributed by atoms with van der Waals surface area (Å²) in [5.74, 6) is -5.56. The Bertz CT molecular complexity index is 337. The lowest BCUT2D eigenvalue weighted by Gasteiger charge is -2.26. The zero-order valence-electron chi connectivity index (χ0n) is 8.80. The Balaban J connectivity index is 5.40. The van der Waals surface area contributed by atoms with Gasteiger partial charge in [-0.2, -0.15) is 0 Å². The lowest BCUT2D eigenvalue weighted by atomic mass is 9.88. The number of Topliss-reactive ketones (excluding diaryl/α,β-unsaturated/α-hetero) is 2. The Morgan fingerprint density at radius 2 is 1.41 bits per heavy atom. The summed E-state index contributed by atoms with van der Waals surface area (Å²) in [4.78, 5) is 44.3. The van der Waals surface area contributed by atoms with E-state index in [0.29, 0.717) is 0 Å². The fourth-order valence-electron chi connectivity index (χ4n) is 1.18. The predicted octanol–water partition coefficient (Wildman–Crippen LogP) is -3.46. The van der Waals surface area contributed by atoms with E-state index in [4.69, 9.17) is 21.7 Å². The Morgan fingerprint density at radius 3 is 1.65 bits per heavy atom. The van der Waals surface area contributed by atoms with E-state index in [9.17, 15) is 19.2 Å². The van der Waals surface area contributed by atoms with Gasteiger partial charge in [-0.25, -0.2) is 4.79 Å². The standard InChI is InChI=1S/C8H13N3O6/c9-1-4(12)8(7(16)17,5(13)2-10)11-3-6(14)15/h11H,1-3,9-10H2,(H,14,15)(H,16,17). The molecule has 0 saturated carbocycles. The van der Waals surface area contributed by atoms with E-state index in [-0.39, 0.29) is 0 Å². The normalized spacial score (nSPS) is 10.9. The third-order valence-corrected chi connectivity index (χ3v) is 2.03. The van der Waals surface area contributed by atoms with Crippen molar-refractivity contribution >= 4 is 23.5 Å². The maximum absolute atomic E-state index is 11.5. The highest BCUT2D eigenvalue weighted by atomic mass is 16.4. The first-order valence-electron chi connectivity index (χ1n) is 4.49. The lowest BCUT2D eigenvalue weighted by molar-refractivity contribution is -0.154. The van der Waals surface area contributed by atoms with E-state index in [0.717, 1.165) is 0 Å². The van der Waals surface area contributed by atoms with Crippen LogP contribution in [0.15, 0.2) is 0 Å². The van der Waals surface area contributed by atoms with Crippen LogP contribution in [0.4, 0.5) is 0 Å². The molecule has 0 aliphatic heterocycles. The second-order valence-corrected chi connectivity index (χ2v) is 3.06. The summed E-state index contributed by atoms with van der Waals surface area (Å²) >= 11 is 0. The third-order valence-electron chi connectivity index (χ3n) is 2.03. The molecule has 9 heteroatoms. The van der Waals surface area contributed by atoms with Crippen molar-refractivity contribution in [3.63, 3.8) is 0 Å². The van der Waals surface area contributed by atoms with Gasteiger partial charge < -0.3 is 21.7 Å². The second kappa shape index (κ2) is 6.03. The van der Waals surface area contributed by atoms with Gasteiger partial charge in [0.25, 0.3) is 0 Å². The summed E-state index contributed by atoms with van der Waals surface area (Å²) in [5.41, 5.74) is 7.31. The van der Waals surface area contributed by atoms with E-state index in [2.05, 4.69) is 0 Å². The van der Waals surface area contributed by atoms with Crippen molar-refractivity contribution in [3.8, 4) is 0 Å². The molecule has 0 spiro atoms. The van der Waals surface area contributed by atoms with Gasteiger partial charge in [-0.15, -0.1) is 0 Å². The number of carbonyl (C=O) groups excluding carboxylic acids is 2. The highest BCUT2D eigenvalue weighted by Crippen LogP contribution is 2.08. The first-order chi connectivity index (χ1) is 7.82. The van der Waals surface area contributed by atoms with Crippen LogP contribution >= 0.6 is 0 Å². The highest BCUT2D eigenvalue weighted by Gasteiger charge is 2.51. The number of carbonyl (C=O) groups is 4. The molecule has 0 amide bonds. The molecule has 96 valence electrons. The summed E-state index contributed by atoms with van der Waals surface area (Å²) < 4.78 is 0. The molecule has 0 aliphatic carbocycles. The van der Waals surface area contributed by atoms with Crippen molar-refractivity contribution in [1.82, 2.24) is 5.32 Å². The van der Waals surface area contributed by atoms with Gasteiger partial charge >= 0.3 is 11.9 Å². The maximum atomic E-state index is 11.5. The zero-order valence-corrected chi connectivity index (χ0v) is 8.80. The van der Waals surface area contributed by atoms with E-state index in [1.165, 1.54) is 0 Å². The van der Waals surface area contributed by atoms with Crippen molar-refractivity contribution in [2.75, 3.05) is 19.6 Å². The SMILES string of the molecule is NCC(=O)C(NCC(=O)O)(C(=O)O)C(=O)CN. The molecule has 0 aromatic heterocycles. The molecular weight excluding hydrogens is 234 g/mol. The number of carboxylic acid groups (broad SMARTS) is 2. The van der Waals surface area contributed by atoms with Crippen molar-refractivity contribution < 1.29 is 29.4 Å². The minimum absolute atomic E-state index is 0.731. The Kier molecular flexibility index (Phi) is 5.38. The third kappa shape index (κ3) is 3.06. The number of rotatable bonds is 8. The van der Waals surface area contributed by atoms with Crippen LogP contribution in [0.2, 0.25) is 0 Å². The molecule has 0 radical (unpaired) electrons. The molecule has 7 N–H and O–H groups in total. The van der Waals surface area contributed by atoms with Crippen LogP contribution in [-0.4, -0.2) is 58.9 Å². The van der Waals surface area contributed by atoms with Gasteiger partial charge in [0.1, 0.15) is 0 Å². The van der Waals surface area contributed by atoms with Crippen LogP contribution in [0.5, 0.6) is 0 Å². The van der Waals surface area contributed by atoms with Crippen LogP contribution in [0.3, 0.4) is 0 Å². The highest BCUT2D eigenvalue weighted by molar-refractivity contribution is 6.28. The van der Waals surface area contributed by atoms with Crippen LogP contribution in [0.25, 0.3) is 0 Å². The van der Waals surface area contributed by atoms with Crippen molar-refractivity contribution in [2.24, 2.45) is 11.5 Å². The zero-order chi connectivity index (χ0) is 13.6. The Morgan fingerprint density at radius 1 is 1.00 bits per heavy atom. The molecule has 0 heterocycles. The molecule has 0 fully saturated rings. The summed E-state index contributed by atoms with van der Waals surface area (Å²) in [5, 5.41) is 19.2. The minimum atomic E-state index is -2.69. The molecule has 0 aromatic carbocycles. The summed E-state index contributed by atoms with van der Waals surface area (Å²) in [6.45, 7) is -2.35. The summed E-state index contributed by atoms with van der Waals surface area (Å²) in [6, 6.07) is 0. The van der Waals surface area contributed by atoms with E-state index < -0.39 is 48.7 Å². The number of nitrogens with one attached hydrogen (secondary N) is 1.